The average molecular weight is 277 g/mol. The van der Waals surface area contributed by atoms with Crippen molar-refractivity contribution in [1.82, 2.24) is 0 Å². The summed E-state index contributed by atoms with van der Waals surface area (Å²) in [6.07, 6.45) is 0.762. The van der Waals surface area contributed by atoms with Crippen molar-refractivity contribution < 1.29 is 5.11 Å². The Hall–Kier alpha value is -1.28. The molecule has 0 aliphatic rings. The summed E-state index contributed by atoms with van der Waals surface area (Å²) in [5, 5.41) is 9.77. The number of phenolic OH excluding ortho intramolecular Hbond substituents is 1. The number of aromatic hydroxyl groups is 1. The van der Waals surface area contributed by atoms with Gasteiger partial charge in [0.2, 0.25) is 0 Å². The van der Waals surface area contributed by atoms with Crippen molar-refractivity contribution in [2.45, 2.75) is 13.3 Å². The number of aryl methyl sites for hydroxylation is 1. The first-order valence-corrected chi connectivity index (χ1v) is 5.98. The lowest BCUT2D eigenvalue weighted by Gasteiger charge is -2.08. The molecule has 2 rings (SSSR count). The van der Waals surface area contributed by atoms with E-state index >= 15 is 0 Å². The quantitative estimate of drug-likeness (QED) is 0.877. The van der Waals surface area contributed by atoms with Crippen LogP contribution in [-0.2, 0) is 6.42 Å². The van der Waals surface area contributed by atoms with Crippen molar-refractivity contribution in [3.63, 3.8) is 0 Å². The molecule has 1 nitrogen and oxygen atoms in total. The lowest BCUT2D eigenvalue weighted by atomic mass is 10.0. The van der Waals surface area contributed by atoms with Crippen LogP contribution in [0.15, 0.2) is 46.9 Å². The molecule has 1 N–H and O–H groups in total. The largest absolute Gasteiger partial charge is 0.508 e. The van der Waals surface area contributed by atoms with Gasteiger partial charge in [-0.2, -0.15) is 0 Å². The van der Waals surface area contributed by atoms with Crippen LogP contribution in [0, 0.1) is 6.92 Å². The number of phenols is 1. The standard InChI is InChI=1S/C14H13BrO/c1-10-4-2-3-5-11(10)8-12-9-13(15)6-7-14(12)16/h2-7,9,16H,8H2,1H3. The first-order chi connectivity index (χ1) is 7.66. The highest BCUT2D eigenvalue weighted by Crippen LogP contribution is 2.25. The highest BCUT2D eigenvalue weighted by Gasteiger charge is 2.04. The molecule has 0 aliphatic heterocycles. The minimum absolute atomic E-state index is 0.353. The van der Waals surface area contributed by atoms with Crippen molar-refractivity contribution in [2.75, 3.05) is 0 Å². The zero-order valence-corrected chi connectivity index (χ0v) is 10.7. The molecule has 0 fully saturated rings. The smallest absolute Gasteiger partial charge is 0.119 e. The predicted molar refractivity (Wildman–Crippen MR) is 69.8 cm³/mol. The number of benzene rings is 2. The predicted octanol–water partition coefficient (Wildman–Crippen LogP) is 4.05. The highest BCUT2D eigenvalue weighted by molar-refractivity contribution is 9.10. The maximum absolute atomic E-state index is 9.77. The fourth-order valence-corrected chi connectivity index (χ4v) is 2.12. The Morgan fingerprint density at radius 1 is 1.06 bits per heavy atom. The van der Waals surface area contributed by atoms with Gasteiger partial charge in [-0.15, -0.1) is 0 Å². The van der Waals surface area contributed by atoms with Gasteiger partial charge in [0.15, 0.2) is 0 Å². The second kappa shape index (κ2) is 4.71. The topological polar surface area (TPSA) is 20.2 Å². The molecule has 0 radical (unpaired) electrons. The summed E-state index contributed by atoms with van der Waals surface area (Å²) < 4.78 is 0.994. The van der Waals surface area contributed by atoms with Crippen molar-refractivity contribution in [3.8, 4) is 5.75 Å². The van der Waals surface area contributed by atoms with Crippen LogP contribution in [0.2, 0.25) is 0 Å². The van der Waals surface area contributed by atoms with Gasteiger partial charge in [-0.05, 0) is 41.8 Å². The molecule has 2 aromatic rings. The molecule has 0 aromatic heterocycles. The van der Waals surface area contributed by atoms with Gasteiger partial charge in [0.05, 0.1) is 0 Å². The summed E-state index contributed by atoms with van der Waals surface area (Å²) in [5.41, 5.74) is 3.45. The number of hydrogen-bond donors (Lipinski definition) is 1. The van der Waals surface area contributed by atoms with Crippen molar-refractivity contribution in [2.24, 2.45) is 0 Å². The molecular formula is C14H13BrO. The monoisotopic (exact) mass is 276 g/mol. The van der Waals surface area contributed by atoms with Crippen LogP contribution in [0.5, 0.6) is 5.75 Å². The van der Waals surface area contributed by atoms with E-state index in [-0.39, 0.29) is 0 Å². The summed E-state index contributed by atoms with van der Waals surface area (Å²) in [4.78, 5) is 0. The van der Waals surface area contributed by atoms with Crippen LogP contribution < -0.4 is 0 Å². The molecule has 2 heteroatoms. The maximum Gasteiger partial charge on any atom is 0.119 e. The van der Waals surface area contributed by atoms with Crippen molar-refractivity contribution in [1.29, 1.82) is 0 Å². The molecule has 82 valence electrons. The SMILES string of the molecule is Cc1ccccc1Cc1cc(Br)ccc1O. The third kappa shape index (κ3) is 2.45. The lowest BCUT2D eigenvalue weighted by molar-refractivity contribution is 0.469. The van der Waals surface area contributed by atoms with Crippen LogP contribution in [0.4, 0.5) is 0 Å². The molecule has 0 atom stereocenters. The Labute approximate surface area is 104 Å². The normalized spacial score (nSPS) is 10.4. The summed E-state index contributed by atoms with van der Waals surface area (Å²) >= 11 is 3.42. The van der Waals surface area contributed by atoms with E-state index in [0.29, 0.717) is 5.75 Å². The lowest BCUT2D eigenvalue weighted by Crippen LogP contribution is -1.92. The van der Waals surface area contributed by atoms with E-state index in [1.54, 1.807) is 6.07 Å². The Balaban J connectivity index is 2.34. The van der Waals surface area contributed by atoms with Crippen LogP contribution in [-0.4, -0.2) is 5.11 Å². The van der Waals surface area contributed by atoms with E-state index in [2.05, 4.69) is 35.0 Å². The summed E-state index contributed by atoms with van der Waals surface area (Å²) in [6, 6.07) is 13.8. The van der Waals surface area contributed by atoms with Gasteiger partial charge in [-0.1, -0.05) is 40.2 Å². The van der Waals surface area contributed by atoms with Gasteiger partial charge in [0, 0.05) is 10.9 Å². The molecule has 0 bridgehead atoms. The van der Waals surface area contributed by atoms with Gasteiger partial charge < -0.3 is 5.11 Å². The number of hydrogen-bond acceptors (Lipinski definition) is 1. The van der Waals surface area contributed by atoms with Crippen LogP contribution in [0.1, 0.15) is 16.7 Å². The fourth-order valence-electron chi connectivity index (χ4n) is 1.71. The Kier molecular flexibility index (Phi) is 3.30. The molecule has 0 spiro atoms. The molecule has 16 heavy (non-hydrogen) atoms. The fraction of sp³-hybridized carbons (Fsp3) is 0.143. The highest BCUT2D eigenvalue weighted by atomic mass is 79.9. The van der Waals surface area contributed by atoms with E-state index in [4.69, 9.17) is 0 Å². The minimum atomic E-state index is 0.353. The van der Waals surface area contributed by atoms with Crippen LogP contribution in [0.3, 0.4) is 0 Å². The summed E-state index contributed by atoms with van der Waals surface area (Å²) in [6.45, 7) is 2.09. The Morgan fingerprint density at radius 3 is 2.56 bits per heavy atom. The second-order valence-electron chi connectivity index (χ2n) is 3.88. The molecule has 0 amide bonds. The zero-order valence-electron chi connectivity index (χ0n) is 9.07. The van der Waals surface area contributed by atoms with Crippen molar-refractivity contribution in [3.05, 3.63) is 63.6 Å². The van der Waals surface area contributed by atoms with E-state index in [1.807, 2.05) is 24.3 Å². The van der Waals surface area contributed by atoms with E-state index in [1.165, 1.54) is 11.1 Å². The van der Waals surface area contributed by atoms with Crippen LogP contribution in [0.25, 0.3) is 0 Å². The van der Waals surface area contributed by atoms with Gasteiger partial charge in [0.25, 0.3) is 0 Å². The molecule has 0 saturated carbocycles. The zero-order chi connectivity index (χ0) is 11.5. The summed E-state index contributed by atoms with van der Waals surface area (Å²) in [5.74, 6) is 0.353. The van der Waals surface area contributed by atoms with Crippen LogP contribution >= 0.6 is 15.9 Å². The van der Waals surface area contributed by atoms with E-state index in [0.717, 1.165) is 16.5 Å². The van der Waals surface area contributed by atoms with Gasteiger partial charge in [-0.3, -0.25) is 0 Å². The van der Waals surface area contributed by atoms with Gasteiger partial charge >= 0.3 is 0 Å². The van der Waals surface area contributed by atoms with E-state index < -0.39 is 0 Å². The molecule has 2 aromatic carbocycles. The second-order valence-corrected chi connectivity index (χ2v) is 4.79. The van der Waals surface area contributed by atoms with E-state index in [9.17, 15) is 5.11 Å². The third-order valence-electron chi connectivity index (χ3n) is 2.68. The Morgan fingerprint density at radius 2 is 1.81 bits per heavy atom. The molecule has 0 heterocycles. The molecular weight excluding hydrogens is 264 g/mol. The maximum atomic E-state index is 9.77. The number of halogens is 1. The third-order valence-corrected chi connectivity index (χ3v) is 3.18. The van der Waals surface area contributed by atoms with Gasteiger partial charge in [0.1, 0.15) is 5.75 Å². The number of rotatable bonds is 2. The first kappa shape index (κ1) is 11.2. The Bertz CT molecular complexity index is 506. The average Bonchev–Trinajstić information content (AvgIpc) is 2.27. The molecule has 0 saturated heterocycles. The molecule has 0 unspecified atom stereocenters. The molecule has 0 aliphatic carbocycles. The first-order valence-electron chi connectivity index (χ1n) is 5.19. The van der Waals surface area contributed by atoms with Gasteiger partial charge in [-0.25, -0.2) is 0 Å². The van der Waals surface area contributed by atoms with Crippen molar-refractivity contribution >= 4 is 15.9 Å². The summed E-state index contributed by atoms with van der Waals surface area (Å²) in [7, 11) is 0. The minimum Gasteiger partial charge on any atom is -0.508 e.